The summed E-state index contributed by atoms with van der Waals surface area (Å²) < 4.78 is 31.5. The molecule has 0 aromatic heterocycles. The number of rotatable bonds is 4. The van der Waals surface area contributed by atoms with E-state index in [9.17, 15) is 13.2 Å². The van der Waals surface area contributed by atoms with Crippen LogP contribution in [0, 0.1) is 5.92 Å². The summed E-state index contributed by atoms with van der Waals surface area (Å²) in [5, 5.41) is 9.04. The summed E-state index contributed by atoms with van der Waals surface area (Å²) in [6.45, 7) is 3.79. The normalized spacial score (nSPS) is 21.9. The number of aliphatic hydroxyl groups is 1. The van der Waals surface area contributed by atoms with E-state index in [1.54, 1.807) is 13.8 Å². The molecule has 18 heavy (non-hydrogen) atoms. The van der Waals surface area contributed by atoms with Crippen LogP contribution >= 0.6 is 0 Å². The Labute approximate surface area is 107 Å². The van der Waals surface area contributed by atoms with Crippen molar-refractivity contribution in [2.75, 3.05) is 19.7 Å². The van der Waals surface area contributed by atoms with Crippen LogP contribution in [0.4, 0.5) is 4.79 Å². The van der Waals surface area contributed by atoms with Crippen molar-refractivity contribution >= 4 is 16.3 Å². The zero-order valence-corrected chi connectivity index (χ0v) is 11.4. The Hall–Kier alpha value is -0.860. The number of nitrogens with zero attached hydrogens (tertiary/aromatic N) is 1. The molecule has 1 unspecified atom stereocenters. The maximum atomic E-state index is 11.9. The van der Waals surface area contributed by atoms with Crippen LogP contribution in [0.1, 0.15) is 26.7 Å². The van der Waals surface area contributed by atoms with Crippen molar-refractivity contribution in [3.05, 3.63) is 0 Å². The highest BCUT2D eigenvalue weighted by Gasteiger charge is 2.30. The SMILES string of the molecule is CC(C)OC(=O)NS(=O)(=O)N1CCCC(CO)C1. The van der Waals surface area contributed by atoms with E-state index in [-0.39, 0.29) is 25.2 Å². The van der Waals surface area contributed by atoms with Gasteiger partial charge in [-0.15, -0.1) is 0 Å². The Bertz CT molecular complexity index is 382. The van der Waals surface area contributed by atoms with Gasteiger partial charge in [0.15, 0.2) is 0 Å². The van der Waals surface area contributed by atoms with Gasteiger partial charge < -0.3 is 9.84 Å². The van der Waals surface area contributed by atoms with Gasteiger partial charge in [0, 0.05) is 19.7 Å². The molecule has 1 aliphatic heterocycles. The number of piperidine rings is 1. The first kappa shape index (κ1) is 15.2. The number of amides is 1. The first-order chi connectivity index (χ1) is 8.35. The second-order valence-corrected chi connectivity index (χ2v) is 6.28. The van der Waals surface area contributed by atoms with Gasteiger partial charge in [-0.25, -0.2) is 9.52 Å². The Morgan fingerprint density at radius 1 is 1.56 bits per heavy atom. The molecule has 1 saturated heterocycles. The van der Waals surface area contributed by atoms with Crippen LogP contribution in [0.15, 0.2) is 0 Å². The van der Waals surface area contributed by atoms with E-state index < -0.39 is 16.3 Å². The van der Waals surface area contributed by atoms with E-state index in [0.717, 1.165) is 6.42 Å². The number of hydrogen-bond donors (Lipinski definition) is 2. The second-order valence-electron chi connectivity index (χ2n) is 4.61. The zero-order chi connectivity index (χ0) is 13.8. The van der Waals surface area contributed by atoms with E-state index >= 15 is 0 Å². The third kappa shape index (κ3) is 4.43. The average Bonchev–Trinajstić information content (AvgIpc) is 2.27. The highest BCUT2D eigenvalue weighted by Crippen LogP contribution is 2.17. The van der Waals surface area contributed by atoms with Crippen LogP contribution in [0.25, 0.3) is 0 Å². The monoisotopic (exact) mass is 280 g/mol. The highest BCUT2D eigenvalue weighted by molar-refractivity contribution is 7.87. The molecule has 1 aliphatic rings. The Balaban J connectivity index is 2.60. The van der Waals surface area contributed by atoms with Gasteiger partial charge in [-0.1, -0.05) is 0 Å². The summed E-state index contributed by atoms with van der Waals surface area (Å²) in [5.74, 6) is -0.0727. The van der Waals surface area contributed by atoms with Crippen molar-refractivity contribution < 1.29 is 23.1 Å². The summed E-state index contributed by atoms with van der Waals surface area (Å²) in [5.41, 5.74) is 0. The van der Waals surface area contributed by atoms with Crippen LogP contribution in [-0.2, 0) is 14.9 Å². The lowest BCUT2D eigenvalue weighted by Gasteiger charge is -2.30. The molecule has 0 spiro atoms. The van der Waals surface area contributed by atoms with Crippen molar-refractivity contribution in [3.8, 4) is 0 Å². The van der Waals surface area contributed by atoms with Crippen LogP contribution in [0.3, 0.4) is 0 Å². The molecule has 1 amide bonds. The predicted octanol–water partition coefficient (Wildman–Crippen LogP) is 0.0701. The third-order valence-corrected chi connectivity index (χ3v) is 4.07. The van der Waals surface area contributed by atoms with Gasteiger partial charge >= 0.3 is 16.3 Å². The topological polar surface area (TPSA) is 95.9 Å². The van der Waals surface area contributed by atoms with Gasteiger partial charge in [-0.05, 0) is 32.6 Å². The largest absolute Gasteiger partial charge is 0.446 e. The van der Waals surface area contributed by atoms with Crippen LogP contribution in [0.5, 0.6) is 0 Å². The lowest BCUT2D eigenvalue weighted by Crippen LogP contribution is -2.48. The second kappa shape index (κ2) is 6.35. The van der Waals surface area contributed by atoms with E-state index in [2.05, 4.69) is 0 Å². The maximum Gasteiger partial charge on any atom is 0.422 e. The molecular weight excluding hydrogens is 260 g/mol. The standard InChI is InChI=1S/C10H20N2O5S/c1-8(2)17-10(14)11-18(15,16)12-5-3-4-9(6-12)7-13/h8-9,13H,3-7H2,1-2H3,(H,11,14). The molecule has 106 valence electrons. The summed E-state index contributed by atoms with van der Waals surface area (Å²) in [6.07, 6.45) is 0.104. The van der Waals surface area contributed by atoms with Crippen molar-refractivity contribution in [2.45, 2.75) is 32.8 Å². The van der Waals surface area contributed by atoms with Gasteiger partial charge in [0.2, 0.25) is 0 Å². The molecule has 0 aromatic carbocycles. The lowest BCUT2D eigenvalue weighted by molar-refractivity contribution is 0.120. The molecule has 0 radical (unpaired) electrons. The maximum absolute atomic E-state index is 11.9. The minimum atomic E-state index is -3.87. The Kier molecular flexibility index (Phi) is 5.36. The molecule has 1 fully saturated rings. The number of carbonyl (C=O) groups is 1. The lowest BCUT2D eigenvalue weighted by atomic mass is 10.0. The van der Waals surface area contributed by atoms with Gasteiger partial charge in [0.05, 0.1) is 6.10 Å². The number of carbonyl (C=O) groups excluding carboxylic acids is 1. The summed E-state index contributed by atoms with van der Waals surface area (Å²) in [7, 11) is -3.87. The quantitative estimate of drug-likeness (QED) is 0.759. The molecule has 7 nitrogen and oxygen atoms in total. The molecule has 0 bridgehead atoms. The van der Waals surface area contributed by atoms with E-state index in [4.69, 9.17) is 9.84 Å². The molecule has 0 aliphatic carbocycles. The summed E-state index contributed by atoms with van der Waals surface area (Å²) in [4.78, 5) is 11.3. The van der Waals surface area contributed by atoms with Crippen molar-refractivity contribution in [3.63, 3.8) is 0 Å². The van der Waals surface area contributed by atoms with Gasteiger partial charge in [0.1, 0.15) is 0 Å². The van der Waals surface area contributed by atoms with Crippen LogP contribution < -0.4 is 4.72 Å². The molecule has 0 saturated carbocycles. The fourth-order valence-corrected chi connectivity index (χ4v) is 2.97. The molecular formula is C10H20N2O5S. The predicted molar refractivity (Wildman–Crippen MR) is 65.1 cm³/mol. The van der Waals surface area contributed by atoms with E-state index in [1.165, 1.54) is 4.31 Å². The first-order valence-electron chi connectivity index (χ1n) is 5.94. The molecule has 1 atom stereocenters. The number of ether oxygens (including phenoxy) is 1. The molecule has 8 heteroatoms. The summed E-state index contributed by atoms with van der Waals surface area (Å²) in [6, 6.07) is 0. The Morgan fingerprint density at radius 3 is 2.78 bits per heavy atom. The molecule has 1 rings (SSSR count). The average molecular weight is 280 g/mol. The molecule has 1 heterocycles. The van der Waals surface area contributed by atoms with Crippen molar-refractivity contribution in [2.24, 2.45) is 5.92 Å². The van der Waals surface area contributed by atoms with Crippen molar-refractivity contribution in [1.29, 1.82) is 0 Å². The number of hydrogen-bond acceptors (Lipinski definition) is 5. The third-order valence-electron chi connectivity index (χ3n) is 2.63. The minimum absolute atomic E-state index is 0.0531. The first-order valence-corrected chi connectivity index (χ1v) is 7.38. The van der Waals surface area contributed by atoms with Gasteiger partial charge in [-0.3, -0.25) is 0 Å². The smallest absolute Gasteiger partial charge is 0.422 e. The van der Waals surface area contributed by atoms with Crippen LogP contribution in [-0.4, -0.2) is 49.7 Å². The highest BCUT2D eigenvalue weighted by atomic mass is 32.2. The van der Waals surface area contributed by atoms with E-state index in [0.29, 0.717) is 13.0 Å². The fraction of sp³-hybridized carbons (Fsp3) is 0.900. The van der Waals surface area contributed by atoms with Gasteiger partial charge in [0.25, 0.3) is 0 Å². The Morgan fingerprint density at radius 2 is 2.22 bits per heavy atom. The van der Waals surface area contributed by atoms with Crippen molar-refractivity contribution in [1.82, 2.24) is 9.03 Å². The van der Waals surface area contributed by atoms with Gasteiger partial charge in [-0.2, -0.15) is 12.7 Å². The van der Waals surface area contributed by atoms with E-state index in [1.807, 2.05) is 4.72 Å². The fourth-order valence-electron chi connectivity index (χ4n) is 1.80. The molecule has 2 N–H and O–H groups in total. The summed E-state index contributed by atoms with van der Waals surface area (Å²) >= 11 is 0. The zero-order valence-electron chi connectivity index (χ0n) is 10.6. The number of nitrogens with one attached hydrogen (secondary N) is 1. The van der Waals surface area contributed by atoms with Crippen LogP contribution in [0.2, 0.25) is 0 Å². The number of aliphatic hydroxyl groups excluding tert-OH is 1. The molecule has 0 aromatic rings. The minimum Gasteiger partial charge on any atom is -0.446 e.